The van der Waals surface area contributed by atoms with Crippen LogP contribution in [0.3, 0.4) is 0 Å². The van der Waals surface area contributed by atoms with E-state index < -0.39 is 0 Å². The number of hydrogen-bond donors (Lipinski definition) is 3. The first kappa shape index (κ1) is 10.4. The van der Waals surface area contributed by atoms with Gasteiger partial charge in [0, 0.05) is 0 Å². The molecule has 0 saturated heterocycles. The molecule has 0 aliphatic rings. The van der Waals surface area contributed by atoms with Crippen LogP contribution in [0.15, 0.2) is 24.3 Å². The number of benzene rings is 1. The maximum absolute atomic E-state index is 8.38. The molecule has 0 heterocycles. The van der Waals surface area contributed by atoms with Crippen LogP contribution in [-0.4, -0.2) is 5.21 Å². The van der Waals surface area contributed by atoms with Crippen LogP contribution in [-0.2, 0) is 18.1 Å². The molecule has 1 aromatic carbocycles. The van der Waals surface area contributed by atoms with Crippen molar-refractivity contribution in [1.82, 2.24) is 0 Å². The molecule has 0 atom stereocenters. The molecular formula is C7H10N2OZn. The second-order valence-electron chi connectivity index (χ2n) is 1.98. The minimum absolute atomic E-state index is 0.625. The molecule has 3 nitrogen and oxygen atoms in total. The minimum atomic E-state index is 0.625. The molecule has 1 rings (SSSR count). The van der Waals surface area contributed by atoms with Crippen LogP contribution < -0.4 is 5.48 Å². The standard InChI is InChI=1S/C7H9NO.HN.Zn/c1-6-2-4-7(8-9)5-3-6;;/h2-5,8-9H,1H3;1H;. The van der Waals surface area contributed by atoms with Crippen LogP contribution in [0.1, 0.15) is 5.56 Å². The Kier molecular flexibility index (Phi) is 5.80. The van der Waals surface area contributed by atoms with E-state index in [-0.39, 0.29) is 0 Å². The fourth-order valence-electron chi connectivity index (χ4n) is 0.628. The molecule has 0 bridgehead atoms. The van der Waals surface area contributed by atoms with Crippen molar-refractivity contribution in [2.24, 2.45) is 0 Å². The summed E-state index contributed by atoms with van der Waals surface area (Å²) in [6, 6.07) is 7.49. The molecule has 0 aromatic heterocycles. The van der Waals surface area contributed by atoms with E-state index in [1.807, 2.05) is 31.2 Å². The molecule has 1 aromatic rings. The van der Waals surface area contributed by atoms with Crippen molar-refractivity contribution < 1.29 is 23.3 Å². The molecule has 4 heteroatoms. The Morgan fingerprint density at radius 3 is 2.09 bits per heavy atom. The second-order valence-corrected chi connectivity index (χ2v) is 1.98. The molecule has 0 aliphatic carbocycles. The first-order valence-electron chi connectivity index (χ1n) is 3.15. The van der Waals surface area contributed by atoms with Gasteiger partial charge in [0.1, 0.15) is 0 Å². The van der Waals surface area contributed by atoms with Crippen molar-refractivity contribution in [3.63, 3.8) is 0 Å². The summed E-state index contributed by atoms with van der Waals surface area (Å²) < 4.78 is 5.88. The van der Waals surface area contributed by atoms with Gasteiger partial charge in [-0.2, -0.15) is 0 Å². The van der Waals surface area contributed by atoms with Crippen LogP contribution in [0.2, 0.25) is 0 Å². The molecule has 0 spiro atoms. The summed E-state index contributed by atoms with van der Waals surface area (Å²) in [6.07, 6.45) is 0. The molecule has 3 N–H and O–H groups in total. The maximum atomic E-state index is 8.38. The fraction of sp³-hybridized carbons (Fsp3) is 0.143. The van der Waals surface area contributed by atoms with Crippen molar-refractivity contribution in [2.75, 3.05) is 5.48 Å². The van der Waals surface area contributed by atoms with Crippen LogP contribution in [0, 0.1) is 11.0 Å². The van der Waals surface area contributed by atoms with Crippen molar-refractivity contribution in [2.45, 2.75) is 6.92 Å². The monoisotopic (exact) mass is 202 g/mol. The number of rotatable bonds is 1. The topological polar surface area (TPSA) is 56.1 Å². The summed E-state index contributed by atoms with van der Waals surface area (Å²) in [7, 11) is 0. The van der Waals surface area contributed by atoms with Crippen molar-refractivity contribution in [1.29, 1.82) is 4.10 Å². The van der Waals surface area contributed by atoms with E-state index in [1.54, 1.807) is 0 Å². The Balaban J connectivity index is 0.000000461. The van der Waals surface area contributed by atoms with Gasteiger partial charge in [-0.15, -0.1) is 0 Å². The van der Waals surface area contributed by atoms with Crippen LogP contribution >= 0.6 is 0 Å². The zero-order valence-electron chi connectivity index (χ0n) is 6.46. The summed E-state index contributed by atoms with van der Waals surface area (Å²) >= 11 is 0.625. The summed E-state index contributed by atoms with van der Waals surface area (Å²) in [6.45, 7) is 2.00. The Morgan fingerprint density at radius 1 is 1.27 bits per heavy atom. The number of nitrogens with one attached hydrogen (secondary N) is 2. The molecule has 0 aliphatic heterocycles. The quantitative estimate of drug-likeness (QED) is 0.484. The average Bonchev–Trinajstić information content (AvgIpc) is 2.10. The first-order chi connectivity index (χ1) is 5.33. The van der Waals surface area contributed by atoms with E-state index in [4.69, 9.17) is 9.31 Å². The van der Waals surface area contributed by atoms with Gasteiger partial charge in [0.2, 0.25) is 0 Å². The van der Waals surface area contributed by atoms with Crippen LogP contribution in [0.5, 0.6) is 0 Å². The van der Waals surface area contributed by atoms with E-state index >= 15 is 0 Å². The van der Waals surface area contributed by atoms with Crippen LogP contribution in [0.25, 0.3) is 0 Å². The van der Waals surface area contributed by atoms with Gasteiger partial charge in [-0.25, -0.2) is 0 Å². The van der Waals surface area contributed by atoms with E-state index in [1.165, 1.54) is 5.56 Å². The SMILES string of the molecule is Cc1ccc(NO)cc1.[NH]=[Zn]. The normalized spacial score (nSPS) is 8.00. The zero-order chi connectivity index (χ0) is 8.69. The third-order valence-electron chi connectivity index (χ3n) is 1.18. The Morgan fingerprint density at radius 2 is 1.73 bits per heavy atom. The van der Waals surface area contributed by atoms with Gasteiger partial charge in [0.05, 0.1) is 5.69 Å². The molecule has 11 heavy (non-hydrogen) atoms. The fourth-order valence-corrected chi connectivity index (χ4v) is 0.628. The summed E-state index contributed by atoms with van der Waals surface area (Å²) in [5, 5.41) is 8.38. The number of aryl methyl sites for hydroxylation is 1. The predicted octanol–water partition coefficient (Wildman–Crippen LogP) is 2.09. The summed E-state index contributed by atoms with van der Waals surface area (Å²) in [4.78, 5) is 0. The van der Waals surface area contributed by atoms with Gasteiger partial charge >= 0.3 is 22.2 Å². The number of hydrogen-bond acceptors (Lipinski definition) is 3. The van der Waals surface area contributed by atoms with Gasteiger partial charge in [0.25, 0.3) is 0 Å². The molecule has 0 amide bonds. The second kappa shape index (κ2) is 6.14. The van der Waals surface area contributed by atoms with Gasteiger partial charge in [-0.1, -0.05) is 17.7 Å². The van der Waals surface area contributed by atoms with Gasteiger partial charge in [0.15, 0.2) is 0 Å². The first-order valence-corrected chi connectivity index (χ1v) is 4.63. The van der Waals surface area contributed by atoms with Crippen molar-refractivity contribution in [3.8, 4) is 0 Å². The van der Waals surface area contributed by atoms with E-state index in [0.29, 0.717) is 18.1 Å². The van der Waals surface area contributed by atoms with Gasteiger partial charge in [-0.3, -0.25) is 10.7 Å². The molecule has 56 valence electrons. The third kappa shape index (κ3) is 3.96. The predicted molar refractivity (Wildman–Crippen MR) is 39.3 cm³/mol. The Hall–Kier alpha value is -0.597. The van der Waals surface area contributed by atoms with Gasteiger partial charge < -0.3 is 0 Å². The summed E-state index contributed by atoms with van der Waals surface area (Å²) in [5.41, 5.74) is 3.97. The van der Waals surface area contributed by atoms with Crippen molar-refractivity contribution >= 4 is 5.69 Å². The zero-order valence-corrected chi connectivity index (χ0v) is 9.43. The van der Waals surface area contributed by atoms with E-state index in [9.17, 15) is 0 Å². The Bertz CT molecular complexity index is 200. The molecule has 0 saturated carbocycles. The molecule has 0 fully saturated rings. The average molecular weight is 204 g/mol. The van der Waals surface area contributed by atoms with Crippen molar-refractivity contribution in [3.05, 3.63) is 29.8 Å². The van der Waals surface area contributed by atoms with Gasteiger partial charge in [-0.05, 0) is 19.1 Å². The molecular weight excluding hydrogens is 193 g/mol. The Labute approximate surface area is 75.7 Å². The summed E-state index contributed by atoms with van der Waals surface area (Å²) in [5.74, 6) is 0. The third-order valence-corrected chi connectivity index (χ3v) is 1.18. The molecule has 0 radical (unpaired) electrons. The van der Waals surface area contributed by atoms with Crippen LogP contribution in [0.4, 0.5) is 5.69 Å². The van der Waals surface area contributed by atoms with E-state index in [0.717, 1.165) is 5.69 Å². The molecule has 0 unspecified atom stereocenters. The van der Waals surface area contributed by atoms with E-state index in [2.05, 4.69) is 5.48 Å². The number of anilines is 1.